The van der Waals surface area contributed by atoms with Gasteiger partial charge in [0.2, 0.25) is 5.91 Å². The lowest BCUT2D eigenvalue weighted by atomic mass is 9.96. The number of amides is 3. The Kier molecular flexibility index (Phi) is 6.76. The summed E-state index contributed by atoms with van der Waals surface area (Å²) in [5.74, 6) is -0.326. The summed E-state index contributed by atoms with van der Waals surface area (Å²) in [4.78, 5) is 26.3. The Labute approximate surface area is 193 Å². The molecule has 1 N–H and O–H groups in total. The van der Waals surface area contributed by atoms with E-state index in [9.17, 15) is 22.8 Å². The summed E-state index contributed by atoms with van der Waals surface area (Å²) >= 11 is 0. The molecular weight excluding hydrogens is 451 g/mol. The normalized spacial score (nSPS) is 16.7. The number of hydrogen-bond acceptors (Lipinski definition) is 5. The minimum absolute atomic E-state index is 0.0583. The molecule has 1 atom stereocenters. The summed E-state index contributed by atoms with van der Waals surface area (Å²) in [6.45, 7) is 2.45. The Hall–Kier alpha value is -3.56. The van der Waals surface area contributed by atoms with Crippen LogP contribution in [0.4, 0.5) is 18.0 Å². The van der Waals surface area contributed by atoms with E-state index in [2.05, 4.69) is 10.5 Å². The number of urea groups is 1. The molecule has 0 spiro atoms. The van der Waals surface area contributed by atoms with Crippen molar-refractivity contribution < 1.29 is 32.0 Å². The molecule has 180 valence electrons. The number of carbonyl (C=O) groups is 2. The molecule has 1 aromatic heterocycles. The third-order valence-corrected chi connectivity index (χ3v) is 5.72. The van der Waals surface area contributed by atoms with Gasteiger partial charge in [-0.3, -0.25) is 9.69 Å². The van der Waals surface area contributed by atoms with Crippen LogP contribution in [0.15, 0.2) is 47.0 Å². The van der Waals surface area contributed by atoms with Gasteiger partial charge in [0, 0.05) is 18.7 Å². The van der Waals surface area contributed by atoms with Gasteiger partial charge in [0.15, 0.2) is 11.3 Å². The summed E-state index contributed by atoms with van der Waals surface area (Å²) in [6, 6.07) is 11.5. The SMILES string of the molecule is CCCc1c(OCCCN2C(=O)NCC(c3ccccc3)C2=O)ccc2c(C(F)(F)F)noc12. The van der Waals surface area contributed by atoms with Gasteiger partial charge in [0.25, 0.3) is 0 Å². The molecular formula is C24H24F3N3O4. The molecule has 3 aromatic rings. The van der Waals surface area contributed by atoms with Gasteiger partial charge in [-0.1, -0.05) is 48.8 Å². The number of benzene rings is 2. The molecule has 1 aliphatic heterocycles. The van der Waals surface area contributed by atoms with Crippen LogP contribution in [0.5, 0.6) is 5.75 Å². The maximum absolute atomic E-state index is 13.2. The van der Waals surface area contributed by atoms with Crippen molar-refractivity contribution in [3.05, 3.63) is 59.3 Å². The fraction of sp³-hybridized carbons (Fsp3) is 0.375. The van der Waals surface area contributed by atoms with E-state index >= 15 is 0 Å². The van der Waals surface area contributed by atoms with Crippen LogP contribution in [-0.2, 0) is 17.4 Å². The number of ether oxygens (including phenoxy) is 1. The molecule has 0 aliphatic carbocycles. The molecule has 1 fully saturated rings. The molecule has 1 saturated heterocycles. The molecule has 2 heterocycles. The summed E-state index contributed by atoms with van der Waals surface area (Å²) in [5, 5.41) is 5.85. The van der Waals surface area contributed by atoms with Crippen LogP contribution >= 0.6 is 0 Å². The number of imide groups is 1. The molecule has 3 amide bonds. The number of nitrogens with zero attached hydrogens (tertiary/aromatic N) is 2. The molecule has 10 heteroatoms. The first kappa shape index (κ1) is 23.6. The van der Waals surface area contributed by atoms with Crippen molar-refractivity contribution in [1.82, 2.24) is 15.4 Å². The topological polar surface area (TPSA) is 84.7 Å². The molecule has 0 radical (unpaired) electrons. The Morgan fingerprint density at radius 1 is 1.18 bits per heavy atom. The van der Waals surface area contributed by atoms with E-state index in [1.54, 1.807) is 0 Å². The number of hydrogen-bond donors (Lipinski definition) is 1. The highest BCUT2D eigenvalue weighted by Gasteiger charge is 2.38. The van der Waals surface area contributed by atoms with Crippen LogP contribution < -0.4 is 10.1 Å². The van der Waals surface area contributed by atoms with E-state index in [1.165, 1.54) is 17.0 Å². The van der Waals surface area contributed by atoms with Crippen molar-refractivity contribution in [2.75, 3.05) is 19.7 Å². The van der Waals surface area contributed by atoms with Gasteiger partial charge in [-0.2, -0.15) is 13.2 Å². The van der Waals surface area contributed by atoms with Crippen molar-refractivity contribution in [3.8, 4) is 5.75 Å². The zero-order chi connectivity index (χ0) is 24.3. The highest BCUT2D eigenvalue weighted by atomic mass is 19.4. The van der Waals surface area contributed by atoms with Gasteiger partial charge in [0.05, 0.1) is 17.9 Å². The van der Waals surface area contributed by atoms with Crippen LogP contribution in [0, 0.1) is 0 Å². The van der Waals surface area contributed by atoms with Crippen LogP contribution in [0.3, 0.4) is 0 Å². The number of halogens is 3. The third kappa shape index (κ3) is 4.71. The minimum atomic E-state index is -4.61. The zero-order valence-corrected chi connectivity index (χ0v) is 18.5. The number of aryl methyl sites for hydroxylation is 1. The van der Waals surface area contributed by atoms with E-state index in [1.807, 2.05) is 37.3 Å². The lowest BCUT2D eigenvalue weighted by Gasteiger charge is -2.31. The van der Waals surface area contributed by atoms with Crippen molar-refractivity contribution in [1.29, 1.82) is 0 Å². The van der Waals surface area contributed by atoms with Crippen molar-refractivity contribution in [3.63, 3.8) is 0 Å². The van der Waals surface area contributed by atoms with Crippen LogP contribution in [0.2, 0.25) is 0 Å². The Balaban J connectivity index is 1.43. The standard InChI is InChI=1S/C24H24F3N3O4/c1-2-7-16-19(11-10-17-20(16)34-29-21(17)24(25,26)27)33-13-6-12-30-22(31)18(14-28-23(30)32)15-8-4-3-5-9-15/h3-5,8-11,18H,2,6-7,12-14H2,1H3,(H,28,32). The van der Waals surface area contributed by atoms with E-state index < -0.39 is 23.8 Å². The first-order valence-electron chi connectivity index (χ1n) is 11.1. The van der Waals surface area contributed by atoms with Gasteiger partial charge in [-0.15, -0.1) is 0 Å². The summed E-state index contributed by atoms with van der Waals surface area (Å²) in [6.07, 6.45) is -3.14. The lowest BCUT2D eigenvalue weighted by molar-refractivity contribution is -0.141. The van der Waals surface area contributed by atoms with Crippen LogP contribution in [-0.4, -0.2) is 41.7 Å². The average Bonchev–Trinajstić information content (AvgIpc) is 3.25. The number of alkyl halides is 3. The minimum Gasteiger partial charge on any atom is -0.493 e. The van der Waals surface area contributed by atoms with Gasteiger partial charge in [-0.25, -0.2) is 4.79 Å². The largest absolute Gasteiger partial charge is 0.493 e. The summed E-state index contributed by atoms with van der Waals surface area (Å²) < 4.78 is 50.4. The molecule has 34 heavy (non-hydrogen) atoms. The predicted molar refractivity (Wildman–Crippen MR) is 117 cm³/mol. The smallest absolute Gasteiger partial charge is 0.437 e. The van der Waals surface area contributed by atoms with Crippen molar-refractivity contribution >= 4 is 22.9 Å². The second-order valence-electron chi connectivity index (χ2n) is 8.04. The molecule has 7 nitrogen and oxygen atoms in total. The number of fused-ring (bicyclic) bond motifs is 1. The average molecular weight is 475 g/mol. The van der Waals surface area contributed by atoms with Gasteiger partial charge < -0.3 is 14.6 Å². The van der Waals surface area contributed by atoms with Gasteiger partial charge in [0.1, 0.15) is 5.75 Å². The number of rotatable bonds is 8. The van der Waals surface area contributed by atoms with Gasteiger partial charge >= 0.3 is 12.2 Å². The molecule has 0 bridgehead atoms. The molecule has 2 aromatic carbocycles. The van der Waals surface area contributed by atoms with E-state index in [-0.39, 0.29) is 36.6 Å². The number of nitrogens with one attached hydrogen (secondary N) is 1. The first-order chi connectivity index (χ1) is 16.3. The fourth-order valence-electron chi connectivity index (χ4n) is 4.09. The summed E-state index contributed by atoms with van der Waals surface area (Å²) in [7, 11) is 0. The molecule has 0 saturated carbocycles. The molecule has 1 unspecified atom stereocenters. The maximum Gasteiger partial charge on any atom is 0.437 e. The monoisotopic (exact) mass is 475 g/mol. The zero-order valence-electron chi connectivity index (χ0n) is 18.5. The second-order valence-corrected chi connectivity index (χ2v) is 8.04. The molecule has 1 aliphatic rings. The lowest BCUT2D eigenvalue weighted by Crippen LogP contribution is -2.54. The van der Waals surface area contributed by atoms with Crippen molar-refractivity contribution in [2.24, 2.45) is 0 Å². The van der Waals surface area contributed by atoms with Crippen LogP contribution in [0.25, 0.3) is 11.0 Å². The van der Waals surface area contributed by atoms with E-state index in [4.69, 9.17) is 9.26 Å². The quantitative estimate of drug-likeness (QED) is 0.469. The fourth-order valence-corrected chi connectivity index (χ4v) is 4.09. The maximum atomic E-state index is 13.2. The second kappa shape index (κ2) is 9.74. The third-order valence-electron chi connectivity index (χ3n) is 5.72. The number of carbonyl (C=O) groups excluding carboxylic acids is 2. The Morgan fingerprint density at radius 3 is 2.65 bits per heavy atom. The van der Waals surface area contributed by atoms with E-state index in [0.29, 0.717) is 30.6 Å². The highest BCUT2D eigenvalue weighted by molar-refractivity contribution is 6.00. The Morgan fingerprint density at radius 2 is 1.94 bits per heavy atom. The summed E-state index contributed by atoms with van der Waals surface area (Å²) in [5.41, 5.74) is 0.340. The first-order valence-corrected chi connectivity index (χ1v) is 11.1. The van der Waals surface area contributed by atoms with Crippen LogP contribution in [0.1, 0.15) is 42.5 Å². The predicted octanol–water partition coefficient (Wildman–Crippen LogP) is 4.90. The highest BCUT2D eigenvalue weighted by Crippen LogP contribution is 2.38. The van der Waals surface area contributed by atoms with E-state index in [0.717, 1.165) is 5.56 Å². The number of aromatic nitrogens is 1. The van der Waals surface area contributed by atoms with Crippen molar-refractivity contribution in [2.45, 2.75) is 38.3 Å². The molecule has 4 rings (SSSR count). The Bertz CT molecular complexity index is 1180. The van der Waals surface area contributed by atoms with Gasteiger partial charge in [-0.05, 0) is 30.5 Å².